The molecule has 1 aromatic carbocycles. The monoisotopic (exact) mass is 375 g/mol. The highest BCUT2D eigenvalue weighted by molar-refractivity contribution is 5.78. The minimum absolute atomic E-state index is 0.113. The van der Waals surface area contributed by atoms with Crippen molar-refractivity contribution in [1.82, 2.24) is 19.2 Å². The molecule has 5 rings (SSSR count). The summed E-state index contributed by atoms with van der Waals surface area (Å²) in [5, 5.41) is 5.64. The number of aryl methyl sites for hydroxylation is 2. The maximum Gasteiger partial charge on any atom is 0.352 e. The molecular formula is C21H21N5O2. The molecule has 4 heterocycles. The van der Waals surface area contributed by atoms with Gasteiger partial charge in [-0.25, -0.2) is 13.9 Å². The zero-order valence-electron chi connectivity index (χ0n) is 15.5. The zero-order valence-corrected chi connectivity index (χ0v) is 15.5. The number of para-hydroxylation sites is 1. The van der Waals surface area contributed by atoms with Crippen LogP contribution in [-0.4, -0.2) is 45.5 Å². The fraction of sp³-hybridized carbons (Fsp3) is 0.286. The predicted octanol–water partition coefficient (Wildman–Crippen LogP) is 2.12. The summed E-state index contributed by atoms with van der Waals surface area (Å²) in [6.45, 7) is 3.39. The van der Waals surface area contributed by atoms with E-state index in [0.717, 1.165) is 35.5 Å². The van der Waals surface area contributed by atoms with Crippen LogP contribution in [-0.2, 0) is 17.7 Å². The van der Waals surface area contributed by atoms with Gasteiger partial charge in [-0.15, -0.1) is 5.10 Å². The molecule has 1 aliphatic rings. The van der Waals surface area contributed by atoms with Crippen molar-refractivity contribution in [3.8, 4) is 0 Å². The number of anilines is 1. The molecule has 0 radical (unpaired) electrons. The van der Waals surface area contributed by atoms with Crippen LogP contribution in [0.3, 0.4) is 0 Å². The molecule has 4 aromatic rings. The smallest absolute Gasteiger partial charge is 0.352 e. The molecule has 3 aromatic heterocycles. The second-order valence-corrected chi connectivity index (χ2v) is 6.93. The summed E-state index contributed by atoms with van der Waals surface area (Å²) in [5.74, 6) is 0.876. The van der Waals surface area contributed by atoms with Gasteiger partial charge in [0.25, 0.3) is 0 Å². The van der Waals surface area contributed by atoms with Crippen molar-refractivity contribution in [1.29, 1.82) is 0 Å². The van der Waals surface area contributed by atoms with E-state index in [2.05, 4.69) is 16.1 Å². The Morgan fingerprint density at radius 2 is 1.82 bits per heavy atom. The van der Waals surface area contributed by atoms with Crippen LogP contribution < -0.4 is 10.6 Å². The molecule has 0 N–H and O–H groups in total. The van der Waals surface area contributed by atoms with Crippen molar-refractivity contribution in [3.63, 3.8) is 0 Å². The number of hydrogen-bond acceptors (Lipinski definition) is 5. The summed E-state index contributed by atoms with van der Waals surface area (Å²) in [6.07, 6.45) is 0.654. The lowest BCUT2D eigenvalue weighted by atomic mass is 10.2. The normalized spacial score (nSPS) is 14.8. The highest BCUT2D eigenvalue weighted by Crippen LogP contribution is 2.16. The lowest BCUT2D eigenvalue weighted by molar-refractivity contribution is 0.122. The van der Waals surface area contributed by atoms with E-state index in [1.165, 1.54) is 4.68 Å². The minimum atomic E-state index is -0.113. The van der Waals surface area contributed by atoms with Crippen LogP contribution >= 0.6 is 0 Å². The summed E-state index contributed by atoms with van der Waals surface area (Å²) >= 11 is 0. The zero-order chi connectivity index (χ0) is 18.9. The highest BCUT2D eigenvalue weighted by atomic mass is 16.5. The standard InChI is InChI=1S/C21H21N5O2/c27-21-25(11-10-17-9-8-16-4-1-2-5-18(16)22-17)23-19-6-3-7-20(26(19)21)24-12-14-28-15-13-24/h1-9H,10-15H2. The second-order valence-electron chi connectivity index (χ2n) is 6.93. The van der Waals surface area contributed by atoms with E-state index in [1.54, 1.807) is 4.40 Å². The van der Waals surface area contributed by atoms with Gasteiger partial charge in [0.1, 0.15) is 5.82 Å². The molecule has 7 nitrogen and oxygen atoms in total. The fourth-order valence-electron chi connectivity index (χ4n) is 3.70. The van der Waals surface area contributed by atoms with Gasteiger partial charge in [0.2, 0.25) is 0 Å². The van der Waals surface area contributed by atoms with E-state index in [0.29, 0.717) is 31.8 Å². The Labute approximate surface area is 161 Å². The first-order chi connectivity index (χ1) is 13.8. The number of fused-ring (bicyclic) bond motifs is 2. The van der Waals surface area contributed by atoms with Gasteiger partial charge < -0.3 is 9.64 Å². The molecule has 0 spiro atoms. The molecule has 1 aliphatic heterocycles. The molecule has 0 unspecified atom stereocenters. The summed E-state index contributed by atoms with van der Waals surface area (Å²) in [4.78, 5) is 19.9. The Morgan fingerprint density at radius 1 is 0.964 bits per heavy atom. The van der Waals surface area contributed by atoms with E-state index in [9.17, 15) is 4.79 Å². The number of hydrogen-bond donors (Lipinski definition) is 0. The lowest BCUT2D eigenvalue weighted by Crippen LogP contribution is -2.38. The Morgan fingerprint density at radius 3 is 2.71 bits per heavy atom. The van der Waals surface area contributed by atoms with Gasteiger partial charge in [-0.1, -0.05) is 30.3 Å². The first-order valence-electron chi connectivity index (χ1n) is 9.55. The molecule has 0 atom stereocenters. The van der Waals surface area contributed by atoms with Crippen molar-refractivity contribution >= 4 is 22.4 Å². The third kappa shape index (κ3) is 3.03. The van der Waals surface area contributed by atoms with Crippen molar-refractivity contribution in [3.05, 3.63) is 70.8 Å². The number of benzene rings is 1. The summed E-state index contributed by atoms with van der Waals surface area (Å²) in [7, 11) is 0. The van der Waals surface area contributed by atoms with Gasteiger partial charge in [0.05, 0.1) is 25.3 Å². The Hall–Kier alpha value is -3.19. The van der Waals surface area contributed by atoms with Crippen molar-refractivity contribution in [2.45, 2.75) is 13.0 Å². The van der Waals surface area contributed by atoms with E-state index >= 15 is 0 Å². The molecule has 0 bridgehead atoms. The highest BCUT2D eigenvalue weighted by Gasteiger charge is 2.17. The number of nitrogens with zero attached hydrogens (tertiary/aromatic N) is 5. The Balaban J connectivity index is 1.44. The number of aromatic nitrogens is 4. The van der Waals surface area contributed by atoms with E-state index in [1.807, 2.05) is 48.5 Å². The van der Waals surface area contributed by atoms with Crippen molar-refractivity contribution in [2.24, 2.45) is 0 Å². The minimum Gasteiger partial charge on any atom is -0.378 e. The molecule has 0 aliphatic carbocycles. The number of rotatable bonds is 4. The maximum absolute atomic E-state index is 13.0. The molecule has 7 heteroatoms. The van der Waals surface area contributed by atoms with Crippen molar-refractivity contribution < 1.29 is 4.74 Å². The van der Waals surface area contributed by atoms with Crippen LogP contribution in [0.2, 0.25) is 0 Å². The quantitative estimate of drug-likeness (QED) is 0.547. The van der Waals surface area contributed by atoms with Gasteiger partial charge >= 0.3 is 5.69 Å². The van der Waals surface area contributed by atoms with Gasteiger partial charge in [-0.3, -0.25) is 4.98 Å². The molecule has 1 saturated heterocycles. The molecule has 0 amide bonds. The topological polar surface area (TPSA) is 64.7 Å². The number of ether oxygens (including phenoxy) is 1. The summed E-state index contributed by atoms with van der Waals surface area (Å²) in [5.41, 5.74) is 2.48. The predicted molar refractivity (Wildman–Crippen MR) is 108 cm³/mol. The molecule has 1 fully saturated rings. The van der Waals surface area contributed by atoms with Gasteiger partial charge in [0, 0.05) is 30.6 Å². The first kappa shape index (κ1) is 16.9. The lowest BCUT2D eigenvalue weighted by Gasteiger charge is -2.28. The largest absolute Gasteiger partial charge is 0.378 e. The third-order valence-electron chi connectivity index (χ3n) is 5.15. The van der Waals surface area contributed by atoms with Crippen molar-refractivity contribution in [2.75, 3.05) is 31.2 Å². The van der Waals surface area contributed by atoms with E-state index < -0.39 is 0 Å². The average molecular weight is 375 g/mol. The van der Waals surface area contributed by atoms with Crippen LogP contribution in [0.5, 0.6) is 0 Å². The average Bonchev–Trinajstić information content (AvgIpc) is 3.08. The molecule has 142 valence electrons. The molecule has 28 heavy (non-hydrogen) atoms. The number of pyridine rings is 2. The van der Waals surface area contributed by atoms with Crippen LogP contribution in [0.1, 0.15) is 5.69 Å². The molecule has 0 saturated carbocycles. The first-order valence-corrected chi connectivity index (χ1v) is 9.55. The Kier molecular flexibility index (Phi) is 4.29. The van der Waals surface area contributed by atoms with Gasteiger partial charge in [-0.2, -0.15) is 0 Å². The number of morpholine rings is 1. The second kappa shape index (κ2) is 7.09. The maximum atomic E-state index is 13.0. The fourth-order valence-corrected chi connectivity index (χ4v) is 3.70. The van der Waals surface area contributed by atoms with Gasteiger partial charge in [0.15, 0.2) is 5.65 Å². The van der Waals surface area contributed by atoms with E-state index in [-0.39, 0.29) is 5.69 Å². The summed E-state index contributed by atoms with van der Waals surface area (Å²) in [6, 6.07) is 17.9. The van der Waals surface area contributed by atoms with Crippen LogP contribution in [0.4, 0.5) is 5.82 Å². The Bertz CT molecular complexity index is 1190. The third-order valence-corrected chi connectivity index (χ3v) is 5.15. The molecular weight excluding hydrogens is 354 g/mol. The van der Waals surface area contributed by atoms with E-state index in [4.69, 9.17) is 9.72 Å². The van der Waals surface area contributed by atoms with Crippen LogP contribution in [0.15, 0.2) is 59.4 Å². The van der Waals surface area contributed by atoms with Crippen LogP contribution in [0.25, 0.3) is 16.6 Å². The SMILES string of the molecule is O=c1n(CCc2ccc3ccccc3n2)nc2cccc(N3CCOCC3)n12. The van der Waals surface area contributed by atoms with Gasteiger partial charge in [-0.05, 0) is 24.3 Å². The summed E-state index contributed by atoms with van der Waals surface area (Å²) < 4.78 is 8.66. The van der Waals surface area contributed by atoms with Crippen LogP contribution in [0, 0.1) is 0 Å².